The zero-order valence-electron chi connectivity index (χ0n) is 9.21. The molecule has 3 heteroatoms. The molecule has 0 N–H and O–H groups in total. The molecule has 1 unspecified atom stereocenters. The number of carbonyl (C=O) groups excluding carboxylic acids is 1. The van der Waals surface area contributed by atoms with Crippen LogP contribution in [0.1, 0.15) is 17.2 Å². The second-order valence-corrected chi connectivity index (χ2v) is 4.20. The van der Waals surface area contributed by atoms with Crippen molar-refractivity contribution in [3.63, 3.8) is 0 Å². The first-order valence-corrected chi connectivity index (χ1v) is 5.78. The van der Waals surface area contributed by atoms with Gasteiger partial charge in [0.2, 0.25) is 0 Å². The standard InChI is InChI=1S/C14H12ClNO/c15-14-7-2-1-6-13(14)11(10-17)9-12-5-3-4-8-16-12/h1-8,10-11H,9H2. The molecule has 0 saturated heterocycles. The van der Waals surface area contributed by atoms with Crippen molar-refractivity contribution >= 4 is 17.9 Å². The lowest BCUT2D eigenvalue weighted by molar-refractivity contribution is -0.109. The fourth-order valence-electron chi connectivity index (χ4n) is 1.75. The molecular formula is C14H12ClNO. The maximum Gasteiger partial charge on any atom is 0.127 e. The van der Waals surface area contributed by atoms with E-state index in [1.165, 1.54) is 0 Å². The first kappa shape index (κ1) is 11.8. The molecule has 2 nitrogen and oxygen atoms in total. The fourth-order valence-corrected chi connectivity index (χ4v) is 2.03. The van der Waals surface area contributed by atoms with Crippen LogP contribution in [0.15, 0.2) is 48.7 Å². The van der Waals surface area contributed by atoms with Crippen molar-refractivity contribution in [3.8, 4) is 0 Å². The van der Waals surface area contributed by atoms with Crippen molar-refractivity contribution in [3.05, 3.63) is 64.9 Å². The molecule has 0 saturated carbocycles. The molecule has 0 aliphatic carbocycles. The summed E-state index contributed by atoms with van der Waals surface area (Å²) in [4.78, 5) is 15.4. The van der Waals surface area contributed by atoms with Crippen LogP contribution in [0.2, 0.25) is 5.02 Å². The molecule has 1 aromatic carbocycles. The van der Waals surface area contributed by atoms with Gasteiger partial charge in [-0.25, -0.2) is 0 Å². The van der Waals surface area contributed by atoms with E-state index in [0.29, 0.717) is 11.4 Å². The van der Waals surface area contributed by atoms with Crippen molar-refractivity contribution in [1.29, 1.82) is 0 Å². The van der Waals surface area contributed by atoms with Crippen molar-refractivity contribution in [2.45, 2.75) is 12.3 Å². The predicted molar refractivity (Wildman–Crippen MR) is 68.2 cm³/mol. The van der Waals surface area contributed by atoms with Crippen molar-refractivity contribution < 1.29 is 4.79 Å². The van der Waals surface area contributed by atoms with Gasteiger partial charge in [0.15, 0.2) is 0 Å². The van der Waals surface area contributed by atoms with Gasteiger partial charge in [0, 0.05) is 29.3 Å². The Morgan fingerprint density at radius 1 is 1.18 bits per heavy atom. The van der Waals surface area contributed by atoms with Gasteiger partial charge in [-0.2, -0.15) is 0 Å². The van der Waals surface area contributed by atoms with Crippen LogP contribution in [0.4, 0.5) is 0 Å². The van der Waals surface area contributed by atoms with Crippen LogP contribution < -0.4 is 0 Å². The summed E-state index contributed by atoms with van der Waals surface area (Å²) >= 11 is 6.08. The molecule has 1 heterocycles. The highest BCUT2D eigenvalue weighted by atomic mass is 35.5. The van der Waals surface area contributed by atoms with Crippen LogP contribution in [-0.2, 0) is 11.2 Å². The summed E-state index contributed by atoms with van der Waals surface area (Å²) in [6.07, 6.45) is 3.23. The second kappa shape index (κ2) is 5.60. The summed E-state index contributed by atoms with van der Waals surface area (Å²) in [6.45, 7) is 0. The Labute approximate surface area is 105 Å². The molecule has 0 bridgehead atoms. The molecule has 0 radical (unpaired) electrons. The molecule has 0 amide bonds. The molecule has 86 valence electrons. The van der Waals surface area contributed by atoms with Crippen molar-refractivity contribution in [1.82, 2.24) is 4.98 Å². The molecule has 2 aromatic rings. The van der Waals surface area contributed by atoms with Gasteiger partial charge in [0.1, 0.15) is 6.29 Å². The number of carbonyl (C=O) groups is 1. The average Bonchev–Trinajstić information content (AvgIpc) is 2.38. The maximum absolute atomic E-state index is 11.2. The minimum Gasteiger partial charge on any atom is -0.303 e. The van der Waals surface area contributed by atoms with E-state index in [9.17, 15) is 4.79 Å². The van der Waals surface area contributed by atoms with Crippen molar-refractivity contribution in [2.75, 3.05) is 0 Å². The third-order valence-electron chi connectivity index (χ3n) is 2.62. The van der Waals surface area contributed by atoms with Crippen LogP contribution in [0.5, 0.6) is 0 Å². The molecule has 1 aromatic heterocycles. The lowest BCUT2D eigenvalue weighted by Gasteiger charge is -2.11. The van der Waals surface area contributed by atoms with E-state index < -0.39 is 0 Å². The number of hydrogen-bond acceptors (Lipinski definition) is 2. The van der Waals surface area contributed by atoms with E-state index in [4.69, 9.17) is 11.6 Å². The van der Waals surface area contributed by atoms with Gasteiger partial charge in [-0.15, -0.1) is 0 Å². The summed E-state index contributed by atoms with van der Waals surface area (Å²) in [6, 6.07) is 13.1. The van der Waals surface area contributed by atoms with Crippen LogP contribution in [-0.4, -0.2) is 11.3 Å². The van der Waals surface area contributed by atoms with Gasteiger partial charge in [-0.3, -0.25) is 4.98 Å². The Morgan fingerprint density at radius 3 is 2.59 bits per heavy atom. The smallest absolute Gasteiger partial charge is 0.127 e. The lowest BCUT2D eigenvalue weighted by Crippen LogP contribution is -2.06. The molecular weight excluding hydrogens is 234 g/mol. The molecule has 0 aliphatic rings. The topological polar surface area (TPSA) is 30.0 Å². The molecule has 0 spiro atoms. The maximum atomic E-state index is 11.2. The first-order valence-electron chi connectivity index (χ1n) is 5.41. The van der Waals surface area contributed by atoms with Gasteiger partial charge < -0.3 is 4.79 Å². The predicted octanol–water partition coefficient (Wildman–Crippen LogP) is 3.26. The minimum atomic E-state index is -0.237. The summed E-state index contributed by atoms with van der Waals surface area (Å²) in [7, 11) is 0. The minimum absolute atomic E-state index is 0.237. The highest BCUT2D eigenvalue weighted by Crippen LogP contribution is 2.25. The van der Waals surface area contributed by atoms with Crippen molar-refractivity contribution in [2.24, 2.45) is 0 Å². The van der Waals surface area contributed by atoms with Crippen LogP contribution in [0, 0.1) is 0 Å². The summed E-state index contributed by atoms with van der Waals surface area (Å²) < 4.78 is 0. The Balaban J connectivity index is 2.24. The highest BCUT2D eigenvalue weighted by molar-refractivity contribution is 6.31. The van der Waals surface area contributed by atoms with Crippen LogP contribution in [0.3, 0.4) is 0 Å². The third kappa shape index (κ3) is 2.92. The van der Waals surface area contributed by atoms with E-state index in [1.54, 1.807) is 12.3 Å². The molecule has 0 fully saturated rings. The largest absolute Gasteiger partial charge is 0.303 e. The number of pyridine rings is 1. The number of aldehydes is 1. The summed E-state index contributed by atoms with van der Waals surface area (Å²) in [5, 5.41) is 0.625. The molecule has 2 rings (SSSR count). The van der Waals surface area contributed by atoms with Gasteiger partial charge in [0.05, 0.1) is 0 Å². The highest BCUT2D eigenvalue weighted by Gasteiger charge is 2.14. The monoisotopic (exact) mass is 245 g/mol. The number of rotatable bonds is 4. The van der Waals surface area contributed by atoms with Gasteiger partial charge in [0.25, 0.3) is 0 Å². The second-order valence-electron chi connectivity index (χ2n) is 3.79. The quantitative estimate of drug-likeness (QED) is 0.774. The number of benzene rings is 1. The van der Waals surface area contributed by atoms with E-state index in [0.717, 1.165) is 17.5 Å². The molecule has 1 atom stereocenters. The normalized spacial score (nSPS) is 12.1. The Morgan fingerprint density at radius 2 is 1.94 bits per heavy atom. The van der Waals surface area contributed by atoms with E-state index in [2.05, 4.69) is 4.98 Å². The molecule has 17 heavy (non-hydrogen) atoms. The van der Waals surface area contributed by atoms with Crippen LogP contribution >= 0.6 is 11.6 Å². The summed E-state index contributed by atoms with van der Waals surface area (Å²) in [5.41, 5.74) is 1.75. The fraction of sp³-hybridized carbons (Fsp3) is 0.143. The number of halogens is 1. The Bertz CT molecular complexity index is 499. The average molecular weight is 246 g/mol. The first-order chi connectivity index (χ1) is 8.31. The number of aromatic nitrogens is 1. The Kier molecular flexibility index (Phi) is 3.89. The zero-order valence-corrected chi connectivity index (χ0v) is 9.97. The zero-order chi connectivity index (χ0) is 12.1. The number of hydrogen-bond donors (Lipinski definition) is 0. The van der Waals surface area contributed by atoms with Gasteiger partial charge in [-0.05, 0) is 23.8 Å². The van der Waals surface area contributed by atoms with Gasteiger partial charge >= 0.3 is 0 Å². The Hall–Kier alpha value is -1.67. The van der Waals surface area contributed by atoms with Crippen LogP contribution in [0.25, 0.3) is 0 Å². The van der Waals surface area contributed by atoms with E-state index in [-0.39, 0.29) is 5.92 Å². The van der Waals surface area contributed by atoms with E-state index in [1.807, 2.05) is 36.4 Å². The SMILES string of the molecule is O=CC(Cc1ccccn1)c1ccccc1Cl. The molecule has 0 aliphatic heterocycles. The number of nitrogens with zero attached hydrogens (tertiary/aromatic N) is 1. The third-order valence-corrected chi connectivity index (χ3v) is 2.97. The van der Waals surface area contributed by atoms with Gasteiger partial charge in [-0.1, -0.05) is 35.9 Å². The lowest BCUT2D eigenvalue weighted by atomic mass is 9.95. The summed E-state index contributed by atoms with van der Waals surface area (Å²) in [5.74, 6) is -0.237. The van der Waals surface area contributed by atoms with E-state index >= 15 is 0 Å².